The molecule has 1 atom stereocenters. The van der Waals surface area contributed by atoms with Crippen molar-refractivity contribution in [3.63, 3.8) is 0 Å². The summed E-state index contributed by atoms with van der Waals surface area (Å²) in [6.07, 6.45) is 1.58. The maximum atomic E-state index is 12.7. The lowest BCUT2D eigenvalue weighted by molar-refractivity contribution is -0.143. The van der Waals surface area contributed by atoms with Crippen molar-refractivity contribution in [3.05, 3.63) is 58.8 Å². The minimum atomic E-state index is -0.408. The van der Waals surface area contributed by atoms with Gasteiger partial charge in [0.2, 0.25) is 5.91 Å². The van der Waals surface area contributed by atoms with Crippen molar-refractivity contribution in [2.24, 2.45) is 0 Å². The van der Waals surface area contributed by atoms with Gasteiger partial charge in [0, 0.05) is 29.6 Å². The molecule has 0 unspecified atom stereocenters. The molecule has 0 radical (unpaired) electrons. The first-order chi connectivity index (χ1) is 11.4. The summed E-state index contributed by atoms with van der Waals surface area (Å²) < 4.78 is 5.41. The molecule has 24 heavy (non-hydrogen) atoms. The molecule has 1 aliphatic rings. The Labute approximate surface area is 147 Å². The number of hydrogen-bond acceptors (Lipinski definition) is 3. The molecule has 2 rings (SSSR count). The summed E-state index contributed by atoms with van der Waals surface area (Å²) in [6, 6.07) is 7.28. The van der Waals surface area contributed by atoms with E-state index in [1.807, 2.05) is 18.2 Å². The van der Waals surface area contributed by atoms with Gasteiger partial charge in [0.15, 0.2) is 0 Å². The van der Waals surface area contributed by atoms with Crippen molar-refractivity contribution in [1.82, 2.24) is 4.90 Å². The second-order valence-electron chi connectivity index (χ2n) is 6.02. The number of hydrogen-bond donors (Lipinski definition) is 0. The van der Waals surface area contributed by atoms with Crippen LogP contribution in [0, 0.1) is 0 Å². The molecule has 4 nitrogen and oxygen atoms in total. The minimum Gasteiger partial charge on any atom is -0.460 e. The van der Waals surface area contributed by atoms with Gasteiger partial charge < -0.3 is 9.64 Å². The number of rotatable bonds is 5. The van der Waals surface area contributed by atoms with Crippen molar-refractivity contribution < 1.29 is 14.3 Å². The van der Waals surface area contributed by atoms with Crippen LogP contribution in [0.2, 0.25) is 5.02 Å². The Balaban J connectivity index is 2.56. The summed E-state index contributed by atoms with van der Waals surface area (Å²) in [7, 11) is 0. The largest absolute Gasteiger partial charge is 0.460 e. The van der Waals surface area contributed by atoms with Crippen molar-refractivity contribution in [1.29, 1.82) is 0 Å². The Morgan fingerprint density at radius 1 is 1.46 bits per heavy atom. The van der Waals surface area contributed by atoms with Crippen molar-refractivity contribution in [2.45, 2.75) is 39.2 Å². The van der Waals surface area contributed by atoms with Gasteiger partial charge in [-0.3, -0.25) is 4.79 Å². The first-order valence-corrected chi connectivity index (χ1v) is 8.32. The van der Waals surface area contributed by atoms with Gasteiger partial charge in [0.25, 0.3) is 0 Å². The molecule has 1 aromatic rings. The van der Waals surface area contributed by atoms with E-state index < -0.39 is 11.9 Å². The molecular weight excluding hydrogens is 326 g/mol. The smallest absolute Gasteiger partial charge is 0.336 e. The lowest BCUT2D eigenvalue weighted by Gasteiger charge is -2.34. The molecule has 0 saturated carbocycles. The number of amides is 1. The number of ether oxygens (including phenoxy) is 1. The SMILES string of the molecule is C=CCN1C(=O)C[C@@H](c2ccccc2Cl)C(C(=O)OC(C)C)=C1C. The maximum absolute atomic E-state index is 12.7. The second-order valence-corrected chi connectivity index (χ2v) is 6.43. The van der Waals surface area contributed by atoms with E-state index in [1.165, 1.54) is 0 Å². The highest BCUT2D eigenvalue weighted by molar-refractivity contribution is 6.31. The summed E-state index contributed by atoms with van der Waals surface area (Å²) in [6.45, 7) is 9.40. The Kier molecular flexibility index (Phi) is 5.84. The molecule has 0 saturated heterocycles. The van der Waals surface area contributed by atoms with Crippen LogP contribution in [0.4, 0.5) is 0 Å². The Morgan fingerprint density at radius 2 is 2.12 bits per heavy atom. The van der Waals surface area contributed by atoms with Gasteiger partial charge in [0.1, 0.15) is 0 Å². The fourth-order valence-corrected chi connectivity index (χ4v) is 3.20. The fourth-order valence-electron chi connectivity index (χ4n) is 2.93. The molecule has 0 aromatic heterocycles. The molecule has 1 amide bonds. The third-order valence-electron chi connectivity index (χ3n) is 3.98. The zero-order valence-corrected chi connectivity index (χ0v) is 15.0. The van der Waals surface area contributed by atoms with E-state index >= 15 is 0 Å². The summed E-state index contributed by atoms with van der Waals surface area (Å²) >= 11 is 6.31. The van der Waals surface area contributed by atoms with Gasteiger partial charge in [-0.15, -0.1) is 6.58 Å². The number of esters is 1. The van der Waals surface area contributed by atoms with E-state index in [9.17, 15) is 9.59 Å². The van der Waals surface area contributed by atoms with E-state index in [2.05, 4.69) is 6.58 Å². The van der Waals surface area contributed by atoms with Crippen molar-refractivity contribution >= 4 is 23.5 Å². The zero-order valence-electron chi connectivity index (χ0n) is 14.2. The normalized spacial score (nSPS) is 18.1. The molecule has 1 aromatic carbocycles. The van der Waals surface area contributed by atoms with Gasteiger partial charge in [-0.05, 0) is 32.4 Å². The van der Waals surface area contributed by atoms with Gasteiger partial charge in [-0.2, -0.15) is 0 Å². The highest BCUT2D eigenvalue weighted by Crippen LogP contribution is 2.39. The quantitative estimate of drug-likeness (QED) is 0.596. The average Bonchev–Trinajstić information content (AvgIpc) is 2.50. The molecule has 1 aliphatic heterocycles. The molecule has 0 N–H and O–H groups in total. The van der Waals surface area contributed by atoms with Crippen LogP contribution >= 0.6 is 11.6 Å². The molecule has 128 valence electrons. The van der Waals surface area contributed by atoms with Gasteiger partial charge in [-0.25, -0.2) is 4.79 Å². The van der Waals surface area contributed by atoms with Crippen LogP contribution < -0.4 is 0 Å². The topological polar surface area (TPSA) is 46.6 Å². The van der Waals surface area contributed by atoms with Crippen LogP contribution in [0.5, 0.6) is 0 Å². The van der Waals surface area contributed by atoms with E-state index in [0.717, 1.165) is 5.56 Å². The molecule has 0 aliphatic carbocycles. The van der Waals surface area contributed by atoms with Crippen LogP contribution in [0.15, 0.2) is 48.2 Å². The van der Waals surface area contributed by atoms with Crippen molar-refractivity contribution in [2.75, 3.05) is 6.54 Å². The first kappa shape index (κ1) is 18.3. The summed E-state index contributed by atoms with van der Waals surface area (Å²) in [4.78, 5) is 26.8. The van der Waals surface area contributed by atoms with Gasteiger partial charge in [-0.1, -0.05) is 35.9 Å². The molecule has 0 bridgehead atoms. The van der Waals surface area contributed by atoms with Crippen LogP contribution in [0.1, 0.15) is 38.7 Å². The monoisotopic (exact) mass is 347 g/mol. The fraction of sp³-hybridized carbons (Fsp3) is 0.368. The predicted octanol–water partition coefficient (Wildman–Crippen LogP) is 4.07. The third-order valence-corrected chi connectivity index (χ3v) is 4.32. The zero-order chi connectivity index (χ0) is 17.9. The molecular formula is C19H22ClNO3. The average molecular weight is 348 g/mol. The highest BCUT2D eigenvalue weighted by Gasteiger charge is 2.37. The number of benzene rings is 1. The van der Waals surface area contributed by atoms with Crippen LogP contribution in [-0.4, -0.2) is 29.4 Å². The van der Waals surface area contributed by atoms with Crippen LogP contribution in [0.3, 0.4) is 0 Å². The number of carbonyl (C=O) groups is 2. The number of allylic oxidation sites excluding steroid dienone is 1. The van der Waals surface area contributed by atoms with Crippen LogP contribution in [-0.2, 0) is 14.3 Å². The molecule has 1 heterocycles. The van der Waals surface area contributed by atoms with E-state index in [-0.39, 0.29) is 18.4 Å². The number of nitrogens with zero attached hydrogens (tertiary/aromatic N) is 1. The first-order valence-electron chi connectivity index (χ1n) is 7.94. The predicted molar refractivity (Wildman–Crippen MR) is 94.6 cm³/mol. The number of halogens is 1. The van der Waals surface area contributed by atoms with E-state index in [4.69, 9.17) is 16.3 Å². The lowest BCUT2D eigenvalue weighted by Crippen LogP contribution is -2.38. The molecule has 0 spiro atoms. The standard InChI is InChI=1S/C19H22ClNO3/c1-5-10-21-13(4)18(19(23)24-12(2)3)15(11-17(21)22)14-8-6-7-9-16(14)20/h5-9,12,15H,1,10-11H2,2-4H3/t15-/m0/s1. The van der Waals surface area contributed by atoms with Gasteiger partial charge >= 0.3 is 5.97 Å². The number of carbonyl (C=O) groups excluding carboxylic acids is 2. The minimum absolute atomic E-state index is 0.0570. The van der Waals surface area contributed by atoms with E-state index in [0.29, 0.717) is 22.8 Å². The summed E-state index contributed by atoms with van der Waals surface area (Å²) in [5.74, 6) is -0.870. The van der Waals surface area contributed by atoms with E-state index in [1.54, 1.807) is 37.8 Å². The maximum Gasteiger partial charge on any atom is 0.336 e. The second kappa shape index (κ2) is 7.67. The molecule has 0 fully saturated rings. The van der Waals surface area contributed by atoms with Crippen molar-refractivity contribution in [3.8, 4) is 0 Å². The Morgan fingerprint density at radius 3 is 2.71 bits per heavy atom. The highest BCUT2D eigenvalue weighted by atomic mass is 35.5. The Bertz CT molecular complexity index is 694. The summed E-state index contributed by atoms with van der Waals surface area (Å²) in [5.41, 5.74) is 1.85. The Hall–Kier alpha value is -2.07. The third kappa shape index (κ3) is 3.70. The molecule has 5 heteroatoms. The summed E-state index contributed by atoms with van der Waals surface area (Å²) in [5, 5.41) is 0.537. The van der Waals surface area contributed by atoms with Crippen LogP contribution in [0.25, 0.3) is 0 Å². The van der Waals surface area contributed by atoms with Gasteiger partial charge in [0.05, 0.1) is 11.7 Å². The lowest BCUT2D eigenvalue weighted by atomic mass is 9.83.